The molecule has 0 amide bonds. The Hall–Kier alpha value is -2.89. The molecule has 0 aliphatic carbocycles. The second-order valence-electron chi connectivity index (χ2n) is 18.8. The summed E-state index contributed by atoms with van der Waals surface area (Å²) in [4.78, 5) is 37.7. The Bertz CT molecular complexity index is 1200. The van der Waals surface area contributed by atoms with E-state index in [-0.39, 0.29) is 31.1 Å². The first-order valence-electron chi connectivity index (χ1n) is 28.3. The molecule has 66 heavy (non-hydrogen) atoms. The number of rotatable bonds is 51. The first-order chi connectivity index (χ1) is 32.5. The fraction of sp³-hybridized carbons (Fsp3) is 0.783. The largest absolute Gasteiger partial charge is 0.462 e. The van der Waals surface area contributed by atoms with Crippen molar-refractivity contribution in [2.75, 3.05) is 13.2 Å². The Morgan fingerprint density at radius 1 is 0.318 bits per heavy atom. The summed E-state index contributed by atoms with van der Waals surface area (Å²) in [5.74, 6) is -0.917. The molecule has 1 unspecified atom stereocenters. The Morgan fingerprint density at radius 3 is 0.939 bits per heavy atom. The topological polar surface area (TPSA) is 78.9 Å². The van der Waals surface area contributed by atoms with Gasteiger partial charge in [-0.25, -0.2) is 0 Å². The molecule has 0 rings (SSSR count). The van der Waals surface area contributed by atoms with Crippen molar-refractivity contribution in [3.63, 3.8) is 0 Å². The number of unbranched alkanes of at least 4 members (excludes halogenated alkanes) is 30. The average Bonchev–Trinajstić information content (AvgIpc) is 3.31. The normalized spacial score (nSPS) is 12.5. The maximum absolute atomic E-state index is 12.7. The third-order valence-electron chi connectivity index (χ3n) is 12.3. The average molecular weight is 924 g/mol. The lowest BCUT2D eigenvalue weighted by atomic mass is 10.0. The number of esters is 3. The Labute approximate surface area is 409 Å². The van der Waals surface area contributed by atoms with E-state index >= 15 is 0 Å². The molecule has 0 aromatic rings. The van der Waals surface area contributed by atoms with Gasteiger partial charge in [0.25, 0.3) is 0 Å². The van der Waals surface area contributed by atoms with E-state index in [2.05, 4.69) is 81.5 Å². The SMILES string of the molecule is CC/C=C\C/C=C\C/C=C\CCCCCC(=O)OC(COC(=O)CCCCCCCC)COC(=O)CCCCCCCCCCCCCCCCCCC/C=C\C/C=C\CCCCCCC. The van der Waals surface area contributed by atoms with Crippen LogP contribution in [0.25, 0.3) is 0 Å². The van der Waals surface area contributed by atoms with Crippen LogP contribution in [0.3, 0.4) is 0 Å². The van der Waals surface area contributed by atoms with E-state index in [1.54, 1.807) is 0 Å². The van der Waals surface area contributed by atoms with Crippen molar-refractivity contribution >= 4 is 17.9 Å². The third-order valence-corrected chi connectivity index (χ3v) is 12.3. The van der Waals surface area contributed by atoms with Gasteiger partial charge in [0, 0.05) is 19.3 Å². The van der Waals surface area contributed by atoms with Crippen LogP contribution in [0, 0.1) is 0 Å². The fourth-order valence-corrected chi connectivity index (χ4v) is 8.02. The monoisotopic (exact) mass is 923 g/mol. The summed E-state index contributed by atoms with van der Waals surface area (Å²) < 4.78 is 16.7. The number of allylic oxidation sites excluding steroid dienone is 10. The van der Waals surface area contributed by atoms with Gasteiger partial charge in [0.1, 0.15) is 13.2 Å². The molecule has 0 N–H and O–H groups in total. The van der Waals surface area contributed by atoms with Gasteiger partial charge in [0.15, 0.2) is 6.10 Å². The van der Waals surface area contributed by atoms with Gasteiger partial charge in [-0.1, -0.05) is 242 Å². The molecule has 0 aliphatic rings. The van der Waals surface area contributed by atoms with Crippen LogP contribution in [0.15, 0.2) is 60.8 Å². The van der Waals surface area contributed by atoms with Gasteiger partial charge in [-0.15, -0.1) is 0 Å². The predicted octanol–water partition coefficient (Wildman–Crippen LogP) is 18.8. The van der Waals surface area contributed by atoms with Gasteiger partial charge >= 0.3 is 17.9 Å². The van der Waals surface area contributed by atoms with Crippen LogP contribution in [0.4, 0.5) is 0 Å². The summed E-state index contributed by atoms with van der Waals surface area (Å²) in [6, 6.07) is 0. The molecule has 382 valence electrons. The van der Waals surface area contributed by atoms with Crippen LogP contribution in [0.5, 0.6) is 0 Å². The number of ether oxygens (including phenoxy) is 3. The van der Waals surface area contributed by atoms with E-state index < -0.39 is 6.10 Å². The molecule has 0 saturated carbocycles. The van der Waals surface area contributed by atoms with E-state index in [0.717, 1.165) is 89.9 Å². The van der Waals surface area contributed by atoms with E-state index in [4.69, 9.17) is 14.2 Å². The Morgan fingerprint density at radius 2 is 0.591 bits per heavy atom. The molecule has 0 aromatic heterocycles. The highest BCUT2D eigenvalue weighted by atomic mass is 16.6. The maximum Gasteiger partial charge on any atom is 0.306 e. The standard InChI is InChI=1S/C60H106O6/c1-4-7-10-13-16-18-20-22-23-24-25-26-27-28-29-30-31-32-33-34-35-36-37-39-40-42-44-47-50-53-59(62)65-56-57(55-64-58(61)52-49-46-15-12-9-6-3)66-60(63)54-51-48-45-43-41-38-21-19-17-14-11-8-5-2/h8,11,17,19-20,22,24-25,38,41,57H,4-7,9-10,12-16,18,21,23,26-37,39-40,42-56H2,1-3H3/b11-8-,19-17-,22-20-,25-24-,41-38-. The molecule has 0 bridgehead atoms. The van der Waals surface area contributed by atoms with Crippen LogP contribution in [0.2, 0.25) is 0 Å². The zero-order chi connectivity index (χ0) is 47.9. The predicted molar refractivity (Wildman–Crippen MR) is 284 cm³/mol. The minimum absolute atomic E-state index is 0.0840. The minimum atomic E-state index is -0.784. The highest BCUT2D eigenvalue weighted by Crippen LogP contribution is 2.16. The molecular weight excluding hydrogens is 817 g/mol. The first-order valence-corrected chi connectivity index (χ1v) is 28.3. The van der Waals surface area contributed by atoms with Gasteiger partial charge in [0.05, 0.1) is 0 Å². The van der Waals surface area contributed by atoms with Crippen LogP contribution in [0.1, 0.15) is 284 Å². The smallest absolute Gasteiger partial charge is 0.306 e. The number of carbonyl (C=O) groups excluding carboxylic acids is 3. The lowest BCUT2D eigenvalue weighted by molar-refractivity contribution is -0.167. The van der Waals surface area contributed by atoms with Gasteiger partial charge in [-0.2, -0.15) is 0 Å². The van der Waals surface area contributed by atoms with Crippen molar-refractivity contribution < 1.29 is 28.6 Å². The van der Waals surface area contributed by atoms with E-state index in [1.807, 2.05) is 0 Å². The Balaban J connectivity index is 4.01. The maximum atomic E-state index is 12.7. The van der Waals surface area contributed by atoms with Crippen molar-refractivity contribution in [2.45, 2.75) is 290 Å². The second kappa shape index (κ2) is 54.7. The molecule has 0 saturated heterocycles. The van der Waals surface area contributed by atoms with Crippen molar-refractivity contribution in [2.24, 2.45) is 0 Å². The molecule has 0 radical (unpaired) electrons. The molecule has 6 heteroatoms. The zero-order valence-corrected chi connectivity index (χ0v) is 43.7. The minimum Gasteiger partial charge on any atom is -0.462 e. The molecule has 1 atom stereocenters. The van der Waals surface area contributed by atoms with Crippen molar-refractivity contribution in [1.29, 1.82) is 0 Å². The summed E-state index contributed by atoms with van der Waals surface area (Å²) in [6.07, 6.45) is 68.4. The molecule has 0 fully saturated rings. The molecule has 0 heterocycles. The summed E-state index contributed by atoms with van der Waals surface area (Å²) in [7, 11) is 0. The second-order valence-corrected chi connectivity index (χ2v) is 18.8. The van der Waals surface area contributed by atoms with E-state index in [9.17, 15) is 14.4 Å². The molecule has 0 aromatic carbocycles. The highest BCUT2D eigenvalue weighted by molar-refractivity contribution is 5.71. The Kier molecular flexibility index (Phi) is 52.3. The van der Waals surface area contributed by atoms with E-state index in [0.29, 0.717) is 19.3 Å². The molecular formula is C60H106O6. The fourth-order valence-electron chi connectivity index (χ4n) is 8.02. The number of hydrogen-bond acceptors (Lipinski definition) is 6. The lowest BCUT2D eigenvalue weighted by Crippen LogP contribution is -2.30. The van der Waals surface area contributed by atoms with Gasteiger partial charge in [0.2, 0.25) is 0 Å². The van der Waals surface area contributed by atoms with Gasteiger partial charge in [-0.05, 0) is 83.5 Å². The van der Waals surface area contributed by atoms with E-state index in [1.165, 1.54) is 154 Å². The van der Waals surface area contributed by atoms with Crippen LogP contribution in [-0.2, 0) is 28.6 Å². The van der Waals surface area contributed by atoms with Gasteiger partial charge < -0.3 is 14.2 Å². The van der Waals surface area contributed by atoms with Crippen molar-refractivity contribution in [3.05, 3.63) is 60.8 Å². The van der Waals surface area contributed by atoms with Crippen LogP contribution >= 0.6 is 0 Å². The third kappa shape index (κ3) is 52.1. The summed E-state index contributed by atoms with van der Waals surface area (Å²) >= 11 is 0. The first kappa shape index (κ1) is 63.1. The summed E-state index contributed by atoms with van der Waals surface area (Å²) in [5.41, 5.74) is 0. The highest BCUT2D eigenvalue weighted by Gasteiger charge is 2.19. The summed E-state index contributed by atoms with van der Waals surface area (Å²) in [5, 5.41) is 0. The molecule has 0 spiro atoms. The van der Waals surface area contributed by atoms with Crippen molar-refractivity contribution in [3.8, 4) is 0 Å². The van der Waals surface area contributed by atoms with Crippen LogP contribution in [-0.4, -0.2) is 37.2 Å². The van der Waals surface area contributed by atoms with Crippen molar-refractivity contribution in [1.82, 2.24) is 0 Å². The lowest BCUT2D eigenvalue weighted by Gasteiger charge is -2.18. The zero-order valence-electron chi connectivity index (χ0n) is 43.7. The molecule has 0 aliphatic heterocycles. The van der Waals surface area contributed by atoms with Gasteiger partial charge in [-0.3, -0.25) is 14.4 Å². The molecule has 6 nitrogen and oxygen atoms in total. The quantitative estimate of drug-likeness (QED) is 0.0262. The van der Waals surface area contributed by atoms with Crippen LogP contribution < -0.4 is 0 Å². The summed E-state index contributed by atoms with van der Waals surface area (Å²) in [6.45, 7) is 6.44. The number of hydrogen-bond donors (Lipinski definition) is 0. The number of carbonyl (C=O) groups is 3.